The van der Waals surface area contributed by atoms with E-state index in [2.05, 4.69) is 18.4 Å². The summed E-state index contributed by atoms with van der Waals surface area (Å²) in [7, 11) is 0. The number of likely N-dealkylation sites (tertiary alicyclic amines) is 1. The van der Waals surface area contributed by atoms with E-state index in [1.807, 2.05) is 0 Å². The molecule has 1 aromatic heterocycles. The number of carbonyl (C=O) groups is 1. The van der Waals surface area contributed by atoms with E-state index in [1.165, 1.54) is 10.4 Å². The Hall–Kier alpha value is -0.870. The number of aliphatic hydroxyl groups is 1. The van der Waals surface area contributed by atoms with Crippen LogP contribution >= 0.6 is 11.3 Å². The maximum absolute atomic E-state index is 11.8. The van der Waals surface area contributed by atoms with Gasteiger partial charge < -0.3 is 10.0 Å². The molecule has 17 heavy (non-hydrogen) atoms. The summed E-state index contributed by atoms with van der Waals surface area (Å²) in [5.41, 5.74) is 1.33. The maximum atomic E-state index is 11.8. The lowest BCUT2D eigenvalue weighted by Crippen LogP contribution is -2.29. The minimum atomic E-state index is -0.307. The fourth-order valence-corrected chi connectivity index (χ4v) is 3.14. The van der Waals surface area contributed by atoms with Crippen molar-refractivity contribution in [3.63, 3.8) is 0 Å². The average Bonchev–Trinajstić information content (AvgIpc) is 2.88. The second-order valence-corrected chi connectivity index (χ2v) is 5.66. The van der Waals surface area contributed by atoms with Crippen LogP contribution in [-0.2, 0) is 11.2 Å². The minimum absolute atomic E-state index is 0.191. The molecule has 0 spiro atoms. The van der Waals surface area contributed by atoms with Crippen molar-refractivity contribution in [1.82, 2.24) is 4.90 Å². The number of hydrogen-bond donors (Lipinski definition) is 1. The van der Waals surface area contributed by atoms with Gasteiger partial charge >= 0.3 is 0 Å². The van der Waals surface area contributed by atoms with E-state index in [9.17, 15) is 9.90 Å². The lowest BCUT2D eigenvalue weighted by Gasteiger charge is -2.15. The number of amides is 1. The summed E-state index contributed by atoms with van der Waals surface area (Å²) in [5.74, 6) is 0.191. The van der Waals surface area contributed by atoms with E-state index >= 15 is 0 Å². The molecule has 0 saturated carbocycles. The number of hydrogen-bond acceptors (Lipinski definition) is 3. The number of aryl methyl sites for hydroxylation is 2. The van der Waals surface area contributed by atoms with Crippen LogP contribution in [-0.4, -0.2) is 35.1 Å². The molecular weight excluding hydrogens is 234 g/mol. The second kappa shape index (κ2) is 5.65. The SMILES string of the molecule is Cc1ccsc1CCCC(=O)N1CC[C@@H](O)C1. The second-order valence-electron chi connectivity index (χ2n) is 4.66. The van der Waals surface area contributed by atoms with E-state index in [-0.39, 0.29) is 12.0 Å². The highest BCUT2D eigenvalue weighted by Crippen LogP contribution is 2.19. The van der Waals surface area contributed by atoms with Crippen LogP contribution in [0.5, 0.6) is 0 Å². The van der Waals surface area contributed by atoms with Gasteiger partial charge in [-0.25, -0.2) is 0 Å². The zero-order valence-corrected chi connectivity index (χ0v) is 11.0. The Bertz CT molecular complexity index is 389. The first-order valence-corrected chi connectivity index (χ1v) is 7.03. The van der Waals surface area contributed by atoms with E-state index < -0.39 is 0 Å². The highest BCUT2D eigenvalue weighted by molar-refractivity contribution is 7.10. The molecule has 1 atom stereocenters. The molecule has 1 saturated heterocycles. The number of β-amino-alcohol motifs (C(OH)–C–C–N with tert-alkyl or cyclic N) is 1. The Morgan fingerprint density at radius 2 is 2.47 bits per heavy atom. The molecule has 1 N–H and O–H groups in total. The molecular formula is C13H19NO2S. The van der Waals surface area contributed by atoms with Gasteiger partial charge in [0.25, 0.3) is 0 Å². The molecule has 0 bridgehead atoms. The molecule has 1 aliphatic heterocycles. The molecule has 3 nitrogen and oxygen atoms in total. The van der Waals surface area contributed by atoms with E-state index in [0.717, 1.165) is 25.8 Å². The van der Waals surface area contributed by atoms with E-state index in [0.29, 0.717) is 13.0 Å². The van der Waals surface area contributed by atoms with Crippen molar-refractivity contribution in [2.75, 3.05) is 13.1 Å². The van der Waals surface area contributed by atoms with Gasteiger partial charge in [0.15, 0.2) is 0 Å². The standard InChI is InChI=1S/C13H19NO2S/c1-10-6-8-17-12(10)3-2-4-13(16)14-7-5-11(15)9-14/h6,8,11,15H,2-5,7,9H2,1H3/t11-/m1/s1. The van der Waals surface area contributed by atoms with Gasteiger partial charge in [0.2, 0.25) is 5.91 Å². The van der Waals surface area contributed by atoms with Crippen LogP contribution in [0, 0.1) is 6.92 Å². The summed E-state index contributed by atoms with van der Waals surface area (Å²) in [4.78, 5) is 15.0. The fraction of sp³-hybridized carbons (Fsp3) is 0.615. The number of rotatable bonds is 4. The third-order valence-electron chi connectivity index (χ3n) is 3.28. The molecule has 1 aromatic rings. The summed E-state index contributed by atoms with van der Waals surface area (Å²) in [6.07, 6.45) is 2.93. The fourth-order valence-electron chi connectivity index (χ4n) is 2.19. The summed E-state index contributed by atoms with van der Waals surface area (Å²) < 4.78 is 0. The Morgan fingerprint density at radius 3 is 3.06 bits per heavy atom. The summed E-state index contributed by atoms with van der Waals surface area (Å²) in [6.45, 7) is 3.36. The molecule has 2 heterocycles. The van der Waals surface area contributed by atoms with Crippen molar-refractivity contribution >= 4 is 17.2 Å². The molecule has 1 fully saturated rings. The molecule has 4 heteroatoms. The van der Waals surface area contributed by atoms with Gasteiger partial charge in [0, 0.05) is 24.4 Å². The minimum Gasteiger partial charge on any atom is -0.391 e. The van der Waals surface area contributed by atoms with Crippen LogP contribution in [0.3, 0.4) is 0 Å². The zero-order chi connectivity index (χ0) is 12.3. The molecule has 0 radical (unpaired) electrons. The van der Waals surface area contributed by atoms with Crippen LogP contribution in [0.4, 0.5) is 0 Å². The monoisotopic (exact) mass is 253 g/mol. The van der Waals surface area contributed by atoms with Gasteiger partial charge in [-0.15, -0.1) is 11.3 Å². The number of thiophene rings is 1. The highest BCUT2D eigenvalue weighted by Gasteiger charge is 2.23. The molecule has 1 amide bonds. The molecule has 0 aliphatic carbocycles. The highest BCUT2D eigenvalue weighted by atomic mass is 32.1. The Morgan fingerprint density at radius 1 is 1.65 bits per heavy atom. The first kappa shape index (κ1) is 12.6. The molecule has 0 aromatic carbocycles. The lowest BCUT2D eigenvalue weighted by molar-refractivity contribution is -0.130. The molecule has 1 aliphatic rings. The third kappa shape index (κ3) is 3.30. The van der Waals surface area contributed by atoms with Crippen LogP contribution in [0.25, 0.3) is 0 Å². The van der Waals surface area contributed by atoms with Gasteiger partial charge in [0.1, 0.15) is 0 Å². The van der Waals surface area contributed by atoms with E-state index in [4.69, 9.17) is 0 Å². The first-order chi connectivity index (χ1) is 8.16. The predicted molar refractivity (Wildman–Crippen MR) is 69.2 cm³/mol. The maximum Gasteiger partial charge on any atom is 0.222 e. The summed E-state index contributed by atoms with van der Waals surface area (Å²) in [5, 5.41) is 11.5. The predicted octanol–water partition coefficient (Wildman–Crippen LogP) is 1.97. The number of nitrogens with zero attached hydrogens (tertiary/aromatic N) is 1. The largest absolute Gasteiger partial charge is 0.391 e. The Balaban J connectivity index is 1.72. The van der Waals surface area contributed by atoms with Gasteiger partial charge in [0.05, 0.1) is 6.10 Å². The quantitative estimate of drug-likeness (QED) is 0.891. The third-order valence-corrected chi connectivity index (χ3v) is 4.36. The van der Waals surface area contributed by atoms with Crippen molar-refractivity contribution in [1.29, 1.82) is 0 Å². The van der Waals surface area contributed by atoms with Crippen LogP contribution in [0.1, 0.15) is 29.7 Å². The Labute approximate surface area is 106 Å². The molecule has 2 rings (SSSR count). The van der Waals surface area contributed by atoms with Crippen molar-refractivity contribution in [3.8, 4) is 0 Å². The molecule has 0 unspecified atom stereocenters. The van der Waals surface area contributed by atoms with Gasteiger partial charge in [-0.1, -0.05) is 0 Å². The van der Waals surface area contributed by atoms with Crippen LogP contribution in [0.15, 0.2) is 11.4 Å². The lowest BCUT2D eigenvalue weighted by atomic mass is 10.1. The summed E-state index contributed by atoms with van der Waals surface area (Å²) in [6, 6.07) is 2.12. The number of carbonyl (C=O) groups excluding carboxylic acids is 1. The molecule has 94 valence electrons. The van der Waals surface area contributed by atoms with Crippen LogP contribution < -0.4 is 0 Å². The van der Waals surface area contributed by atoms with Crippen molar-refractivity contribution in [3.05, 3.63) is 21.9 Å². The van der Waals surface area contributed by atoms with Crippen LogP contribution in [0.2, 0.25) is 0 Å². The first-order valence-electron chi connectivity index (χ1n) is 6.15. The topological polar surface area (TPSA) is 40.5 Å². The van der Waals surface area contributed by atoms with Crippen molar-refractivity contribution in [2.24, 2.45) is 0 Å². The summed E-state index contributed by atoms with van der Waals surface area (Å²) >= 11 is 1.77. The van der Waals surface area contributed by atoms with E-state index in [1.54, 1.807) is 16.2 Å². The average molecular weight is 253 g/mol. The number of aliphatic hydroxyl groups excluding tert-OH is 1. The zero-order valence-electron chi connectivity index (χ0n) is 10.2. The van der Waals surface area contributed by atoms with Gasteiger partial charge in [-0.05, 0) is 43.2 Å². The van der Waals surface area contributed by atoms with Crippen molar-refractivity contribution in [2.45, 2.75) is 38.7 Å². The van der Waals surface area contributed by atoms with Gasteiger partial charge in [-0.3, -0.25) is 4.79 Å². The Kier molecular flexibility index (Phi) is 4.18. The van der Waals surface area contributed by atoms with Gasteiger partial charge in [-0.2, -0.15) is 0 Å². The van der Waals surface area contributed by atoms with Crippen molar-refractivity contribution < 1.29 is 9.90 Å². The smallest absolute Gasteiger partial charge is 0.222 e. The normalized spacial score (nSPS) is 19.9.